The normalized spacial score (nSPS) is 27.5. The molecule has 3 atom stereocenters. The van der Waals surface area contributed by atoms with Gasteiger partial charge in [0.05, 0.1) is 11.4 Å². The summed E-state index contributed by atoms with van der Waals surface area (Å²) in [6.07, 6.45) is 6.23. The van der Waals surface area contributed by atoms with Crippen molar-refractivity contribution >= 4 is 14.6 Å². The molecule has 0 aliphatic heterocycles. The first-order valence-electron chi connectivity index (χ1n) is 9.34. The van der Waals surface area contributed by atoms with Crippen molar-refractivity contribution in [3.05, 3.63) is 11.4 Å². The standard InChI is InChI=1S/C18H31B2N3/c1-17(2,19-5)11-14-12-7-9-15-16(10-8-13(12)14)23(22-21-15)18(3,4)20-6/h12-14H,7-11H2,1-6H3/t12-,13+,14-/m0/s1. The lowest BCUT2D eigenvalue weighted by atomic mass is 9.54. The van der Waals surface area contributed by atoms with Crippen LogP contribution in [0.4, 0.5) is 0 Å². The molecule has 2 radical (unpaired) electrons. The first-order chi connectivity index (χ1) is 10.8. The maximum Gasteiger partial charge on any atom is 0.143 e. The third-order valence-electron chi connectivity index (χ3n) is 6.58. The van der Waals surface area contributed by atoms with Crippen LogP contribution in [0.5, 0.6) is 0 Å². The zero-order valence-electron chi connectivity index (χ0n) is 15.8. The predicted molar refractivity (Wildman–Crippen MR) is 98.4 cm³/mol. The summed E-state index contributed by atoms with van der Waals surface area (Å²) in [5.74, 6) is 2.79. The van der Waals surface area contributed by atoms with Crippen LogP contribution in [0, 0.1) is 17.8 Å². The van der Waals surface area contributed by atoms with Crippen molar-refractivity contribution < 1.29 is 0 Å². The summed E-state index contributed by atoms with van der Waals surface area (Å²) in [5.41, 5.74) is 2.60. The van der Waals surface area contributed by atoms with Crippen LogP contribution in [-0.4, -0.2) is 29.6 Å². The summed E-state index contributed by atoms with van der Waals surface area (Å²) < 4.78 is 2.17. The van der Waals surface area contributed by atoms with Gasteiger partial charge in [0.15, 0.2) is 0 Å². The molecule has 0 N–H and O–H groups in total. The van der Waals surface area contributed by atoms with Gasteiger partial charge in [-0.15, -0.1) is 5.10 Å². The minimum absolute atomic E-state index is 0.0404. The van der Waals surface area contributed by atoms with Gasteiger partial charge in [0.1, 0.15) is 14.6 Å². The van der Waals surface area contributed by atoms with Crippen LogP contribution < -0.4 is 0 Å². The molecule has 0 aromatic carbocycles. The summed E-state index contributed by atoms with van der Waals surface area (Å²) in [5, 5.41) is 9.40. The zero-order valence-corrected chi connectivity index (χ0v) is 15.8. The molecule has 1 aromatic rings. The van der Waals surface area contributed by atoms with E-state index < -0.39 is 0 Å². The first-order valence-corrected chi connectivity index (χ1v) is 9.34. The number of hydrogen-bond acceptors (Lipinski definition) is 2. The molecule has 5 heteroatoms. The fourth-order valence-electron chi connectivity index (χ4n) is 4.38. The molecule has 3 nitrogen and oxygen atoms in total. The maximum absolute atomic E-state index is 4.53. The molecular formula is C18H31B2N3. The molecule has 3 rings (SSSR count). The molecule has 0 unspecified atom stereocenters. The molecule has 1 heterocycles. The fourth-order valence-corrected chi connectivity index (χ4v) is 4.38. The van der Waals surface area contributed by atoms with Crippen molar-refractivity contribution in [3.63, 3.8) is 0 Å². The Morgan fingerprint density at radius 1 is 1.04 bits per heavy atom. The summed E-state index contributed by atoms with van der Waals surface area (Å²) in [6, 6.07) is 0. The van der Waals surface area contributed by atoms with Gasteiger partial charge in [0.2, 0.25) is 0 Å². The van der Waals surface area contributed by atoms with Crippen molar-refractivity contribution in [3.8, 4) is 0 Å². The third-order valence-corrected chi connectivity index (χ3v) is 6.58. The zero-order chi connectivity index (χ0) is 16.8. The van der Waals surface area contributed by atoms with E-state index in [2.05, 4.69) is 70.9 Å². The van der Waals surface area contributed by atoms with Crippen molar-refractivity contribution in [1.82, 2.24) is 15.0 Å². The second-order valence-electron chi connectivity index (χ2n) is 8.89. The topological polar surface area (TPSA) is 30.7 Å². The van der Waals surface area contributed by atoms with Gasteiger partial charge in [-0.3, -0.25) is 4.68 Å². The Hall–Kier alpha value is -0.730. The Bertz CT molecular complexity index is 565. The molecule has 0 amide bonds. The average Bonchev–Trinajstić information content (AvgIpc) is 2.92. The van der Waals surface area contributed by atoms with Crippen LogP contribution in [0.15, 0.2) is 0 Å². The first kappa shape index (κ1) is 17.1. The van der Waals surface area contributed by atoms with E-state index in [0.29, 0.717) is 5.31 Å². The molecule has 0 spiro atoms. The number of aromatic nitrogens is 3. The lowest BCUT2D eigenvalue weighted by molar-refractivity contribution is 0.421. The Morgan fingerprint density at radius 2 is 1.70 bits per heavy atom. The van der Waals surface area contributed by atoms with Crippen LogP contribution in [0.2, 0.25) is 19.0 Å². The van der Waals surface area contributed by atoms with Crippen LogP contribution in [0.25, 0.3) is 0 Å². The number of hydrogen-bond donors (Lipinski definition) is 0. The van der Waals surface area contributed by atoms with E-state index in [0.717, 1.165) is 30.6 Å². The van der Waals surface area contributed by atoms with E-state index in [1.807, 2.05) is 0 Å². The van der Waals surface area contributed by atoms with Gasteiger partial charge in [0, 0.05) is 5.44 Å². The lowest BCUT2D eigenvalue weighted by Gasteiger charge is -2.25. The number of aryl methyl sites for hydroxylation is 1. The minimum atomic E-state index is -0.0404. The third kappa shape index (κ3) is 3.25. The van der Waals surface area contributed by atoms with Crippen LogP contribution in [-0.2, 0) is 18.3 Å². The quantitative estimate of drug-likeness (QED) is 0.774. The highest BCUT2D eigenvalue weighted by atomic mass is 15.5. The Kier molecular flexibility index (Phi) is 4.44. The lowest BCUT2D eigenvalue weighted by Crippen LogP contribution is -2.34. The summed E-state index contributed by atoms with van der Waals surface area (Å²) >= 11 is 0. The molecule has 1 fully saturated rings. The molecule has 2 aliphatic carbocycles. The number of fused-ring (bicyclic) bond motifs is 2. The van der Waals surface area contributed by atoms with Crippen LogP contribution in [0.1, 0.15) is 58.3 Å². The highest BCUT2D eigenvalue weighted by molar-refractivity contribution is 6.37. The monoisotopic (exact) mass is 311 g/mol. The highest BCUT2D eigenvalue weighted by Gasteiger charge is 2.51. The molecule has 1 saturated carbocycles. The predicted octanol–water partition coefficient (Wildman–Crippen LogP) is 3.80. The maximum atomic E-state index is 4.53. The molecule has 0 saturated heterocycles. The van der Waals surface area contributed by atoms with Gasteiger partial charge in [-0.25, -0.2) is 0 Å². The molecular weight excluding hydrogens is 280 g/mol. The van der Waals surface area contributed by atoms with E-state index in [1.165, 1.54) is 30.7 Å². The van der Waals surface area contributed by atoms with E-state index in [9.17, 15) is 0 Å². The fraction of sp³-hybridized carbons (Fsp3) is 0.889. The highest BCUT2D eigenvalue weighted by Crippen LogP contribution is 2.58. The van der Waals surface area contributed by atoms with Crippen molar-refractivity contribution in [2.45, 2.75) is 84.2 Å². The Labute approximate surface area is 143 Å². The summed E-state index contributed by atoms with van der Waals surface area (Å²) in [7, 11) is 4.61. The van der Waals surface area contributed by atoms with Crippen molar-refractivity contribution in [2.75, 3.05) is 0 Å². The van der Waals surface area contributed by atoms with Gasteiger partial charge in [-0.2, -0.15) is 0 Å². The smallest absolute Gasteiger partial charge is 0.143 e. The van der Waals surface area contributed by atoms with E-state index in [1.54, 1.807) is 0 Å². The van der Waals surface area contributed by atoms with Crippen LogP contribution >= 0.6 is 0 Å². The Morgan fingerprint density at radius 3 is 2.30 bits per heavy atom. The van der Waals surface area contributed by atoms with Crippen molar-refractivity contribution in [2.24, 2.45) is 17.8 Å². The molecule has 1 aromatic heterocycles. The average molecular weight is 311 g/mol. The number of nitrogens with zero attached hydrogens (tertiary/aromatic N) is 3. The Balaban J connectivity index is 1.72. The summed E-state index contributed by atoms with van der Waals surface area (Å²) in [6.45, 7) is 13.5. The number of rotatable bonds is 5. The largest absolute Gasteiger partial charge is 0.252 e. The van der Waals surface area contributed by atoms with Gasteiger partial charge < -0.3 is 0 Å². The van der Waals surface area contributed by atoms with E-state index in [4.69, 9.17) is 0 Å². The molecule has 124 valence electrons. The van der Waals surface area contributed by atoms with Gasteiger partial charge in [-0.1, -0.05) is 44.4 Å². The van der Waals surface area contributed by atoms with Crippen molar-refractivity contribution in [1.29, 1.82) is 0 Å². The molecule has 0 bridgehead atoms. The van der Waals surface area contributed by atoms with Gasteiger partial charge in [-0.05, 0) is 57.3 Å². The summed E-state index contributed by atoms with van der Waals surface area (Å²) in [4.78, 5) is 0. The van der Waals surface area contributed by atoms with Crippen LogP contribution in [0.3, 0.4) is 0 Å². The van der Waals surface area contributed by atoms with Gasteiger partial charge >= 0.3 is 0 Å². The SMILES string of the molecule is C[B]C(C)(C)C[C@@H]1[C@@H]2CCc3c(nnn3C(C)(C)[B]C)CC[C@@H]21. The molecule has 23 heavy (non-hydrogen) atoms. The molecule has 2 aliphatic rings. The van der Waals surface area contributed by atoms with Gasteiger partial charge in [0.25, 0.3) is 0 Å². The van der Waals surface area contributed by atoms with E-state index in [-0.39, 0.29) is 5.44 Å². The second-order valence-corrected chi connectivity index (χ2v) is 8.89. The van der Waals surface area contributed by atoms with E-state index >= 15 is 0 Å². The second kappa shape index (κ2) is 5.97. The minimum Gasteiger partial charge on any atom is -0.252 e.